The van der Waals surface area contributed by atoms with Gasteiger partial charge in [-0.2, -0.15) is 0 Å². The van der Waals surface area contributed by atoms with Crippen LogP contribution in [0.25, 0.3) is 0 Å². The molecular formula is C15H19N3O2S. The summed E-state index contributed by atoms with van der Waals surface area (Å²) in [4.78, 5) is 11.9. The van der Waals surface area contributed by atoms with Gasteiger partial charge in [0.25, 0.3) is 5.69 Å². The quantitative estimate of drug-likeness (QED) is 0.609. The molecule has 6 heteroatoms. The molecule has 0 saturated heterocycles. The van der Waals surface area contributed by atoms with Gasteiger partial charge in [-0.3, -0.25) is 10.1 Å². The van der Waals surface area contributed by atoms with Crippen LogP contribution in [-0.4, -0.2) is 12.0 Å². The van der Waals surface area contributed by atoms with E-state index in [4.69, 9.17) is 0 Å². The lowest BCUT2D eigenvalue weighted by Crippen LogP contribution is -2.15. The third kappa shape index (κ3) is 3.72. The maximum absolute atomic E-state index is 11.0. The third-order valence-corrected chi connectivity index (χ3v) is 4.21. The number of benzene rings is 1. The van der Waals surface area contributed by atoms with Crippen LogP contribution < -0.4 is 10.6 Å². The third-order valence-electron chi connectivity index (χ3n) is 3.26. The highest BCUT2D eigenvalue weighted by atomic mass is 32.1. The number of rotatable bonds is 6. The van der Waals surface area contributed by atoms with Crippen LogP contribution in [0.1, 0.15) is 24.8 Å². The standard InChI is InChI=1S/C15H19N3O2S/c1-10(2)15(14-5-4-6-21-14)17-12-7-11(16-3)8-13(9-12)18(19)20/h4-10,15-17H,1-3H3. The summed E-state index contributed by atoms with van der Waals surface area (Å²) in [5.74, 6) is 0.376. The van der Waals surface area contributed by atoms with Gasteiger partial charge in [0, 0.05) is 35.4 Å². The van der Waals surface area contributed by atoms with E-state index < -0.39 is 0 Å². The fraction of sp³-hybridized carbons (Fsp3) is 0.333. The molecule has 0 fully saturated rings. The lowest BCUT2D eigenvalue weighted by molar-refractivity contribution is -0.384. The molecule has 0 aliphatic heterocycles. The number of nitro benzene ring substituents is 1. The predicted octanol–water partition coefficient (Wildman–Crippen LogP) is 4.51. The molecule has 1 heterocycles. The van der Waals surface area contributed by atoms with Crippen molar-refractivity contribution in [1.29, 1.82) is 0 Å². The first kappa shape index (κ1) is 15.3. The normalized spacial score (nSPS) is 12.2. The van der Waals surface area contributed by atoms with Crippen molar-refractivity contribution >= 4 is 28.4 Å². The first-order valence-electron chi connectivity index (χ1n) is 6.78. The second kappa shape index (κ2) is 6.58. The molecule has 0 aliphatic rings. The van der Waals surface area contributed by atoms with Crippen LogP contribution in [0.2, 0.25) is 0 Å². The zero-order valence-electron chi connectivity index (χ0n) is 12.3. The molecule has 2 N–H and O–H groups in total. The van der Waals surface area contributed by atoms with E-state index in [1.54, 1.807) is 24.5 Å². The summed E-state index contributed by atoms with van der Waals surface area (Å²) in [6, 6.07) is 9.22. The number of nitrogens with one attached hydrogen (secondary N) is 2. The Bertz CT molecular complexity index is 611. The van der Waals surface area contributed by atoms with Gasteiger partial charge in [0.2, 0.25) is 0 Å². The minimum atomic E-state index is -0.373. The summed E-state index contributed by atoms with van der Waals surface area (Å²) in [6.45, 7) is 4.27. The van der Waals surface area contributed by atoms with Gasteiger partial charge in [-0.05, 0) is 23.4 Å². The lowest BCUT2D eigenvalue weighted by atomic mass is 10.0. The van der Waals surface area contributed by atoms with E-state index in [1.165, 1.54) is 10.9 Å². The van der Waals surface area contributed by atoms with Gasteiger partial charge in [0.15, 0.2) is 0 Å². The number of nitrogens with zero attached hydrogens (tertiary/aromatic N) is 1. The van der Waals surface area contributed by atoms with E-state index >= 15 is 0 Å². The molecule has 112 valence electrons. The summed E-state index contributed by atoms with van der Waals surface area (Å²) in [5, 5.41) is 19.4. The van der Waals surface area contributed by atoms with E-state index in [2.05, 4.69) is 30.5 Å². The minimum absolute atomic E-state index is 0.0815. The maximum Gasteiger partial charge on any atom is 0.273 e. The van der Waals surface area contributed by atoms with Gasteiger partial charge in [-0.1, -0.05) is 19.9 Å². The van der Waals surface area contributed by atoms with Gasteiger partial charge in [-0.15, -0.1) is 11.3 Å². The second-order valence-corrected chi connectivity index (χ2v) is 6.14. The van der Waals surface area contributed by atoms with Crippen LogP contribution in [0.4, 0.5) is 17.1 Å². The van der Waals surface area contributed by atoms with Gasteiger partial charge in [0.1, 0.15) is 0 Å². The highest BCUT2D eigenvalue weighted by Gasteiger charge is 2.18. The molecule has 1 atom stereocenters. The van der Waals surface area contributed by atoms with Crippen LogP contribution in [0.5, 0.6) is 0 Å². The molecular weight excluding hydrogens is 286 g/mol. The number of non-ortho nitro benzene ring substituents is 1. The van der Waals surface area contributed by atoms with E-state index in [0.717, 1.165) is 11.4 Å². The zero-order valence-corrected chi connectivity index (χ0v) is 13.1. The number of hydrogen-bond donors (Lipinski definition) is 2. The fourth-order valence-electron chi connectivity index (χ4n) is 2.16. The maximum atomic E-state index is 11.0. The van der Waals surface area contributed by atoms with Crippen LogP contribution in [0, 0.1) is 16.0 Å². The average Bonchev–Trinajstić information content (AvgIpc) is 2.97. The number of anilines is 2. The van der Waals surface area contributed by atoms with Crippen molar-refractivity contribution in [2.24, 2.45) is 5.92 Å². The van der Waals surface area contributed by atoms with Crippen molar-refractivity contribution in [3.8, 4) is 0 Å². The van der Waals surface area contributed by atoms with Crippen LogP contribution in [-0.2, 0) is 0 Å². The Labute approximate surface area is 128 Å². The Hall–Kier alpha value is -2.08. The Morgan fingerprint density at radius 1 is 1.24 bits per heavy atom. The van der Waals surface area contributed by atoms with E-state index in [1.807, 2.05) is 17.5 Å². The summed E-state index contributed by atoms with van der Waals surface area (Å²) < 4.78 is 0. The highest BCUT2D eigenvalue weighted by Crippen LogP contribution is 2.32. The molecule has 0 spiro atoms. The SMILES string of the molecule is CNc1cc(NC(c2cccs2)C(C)C)cc([N+](=O)[O-])c1. The van der Waals surface area contributed by atoms with E-state index in [9.17, 15) is 10.1 Å². The Kier molecular flexibility index (Phi) is 4.80. The lowest BCUT2D eigenvalue weighted by Gasteiger charge is -2.22. The molecule has 1 aromatic heterocycles. The smallest absolute Gasteiger partial charge is 0.273 e. The number of hydrogen-bond acceptors (Lipinski definition) is 5. The topological polar surface area (TPSA) is 67.2 Å². The fourth-order valence-corrected chi connectivity index (χ4v) is 3.11. The molecule has 1 unspecified atom stereocenters. The van der Waals surface area contributed by atoms with Gasteiger partial charge in [-0.25, -0.2) is 0 Å². The number of nitro groups is 1. The monoisotopic (exact) mass is 305 g/mol. The first-order valence-corrected chi connectivity index (χ1v) is 7.66. The van der Waals surface area contributed by atoms with Crippen LogP contribution in [0.15, 0.2) is 35.7 Å². The van der Waals surface area contributed by atoms with E-state index in [-0.39, 0.29) is 16.7 Å². The second-order valence-electron chi connectivity index (χ2n) is 5.16. The van der Waals surface area contributed by atoms with Crippen LogP contribution >= 0.6 is 11.3 Å². The van der Waals surface area contributed by atoms with Crippen molar-refractivity contribution in [3.63, 3.8) is 0 Å². The first-order chi connectivity index (χ1) is 10.0. The minimum Gasteiger partial charge on any atom is -0.388 e. The largest absolute Gasteiger partial charge is 0.388 e. The predicted molar refractivity (Wildman–Crippen MR) is 88.2 cm³/mol. The molecule has 5 nitrogen and oxygen atoms in total. The van der Waals surface area contributed by atoms with Crippen molar-refractivity contribution in [2.45, 2.75) is 19.9 Å². The Balaban J connectivity index is 2.32. The molecule has 0 saturated carbocycles. The number of thiophene rings is 1. The summed E-state index contributed by atoms with van der Waals surface area (Å²) >= 11 is 1.69. The molecule has 0 bridgehead atoms. The van der Waals surface area contributed by atoms with Gasteiger partial charge in [0.05, 0.1) is 11.0 Å². The van der Waals surface area contributed by atoms with E-state index in [0.29, 0.717) is 5.92 Å². The van der Waals surface area contributed by atoms with Crippen LogP contribution in [0.3, 0.4) is 0 Å². The van der Waals surface area contributed by atoms with Gasteiger partial charge >= 0.3 is 0 Å². The molecule has 0 amide bonds. The average molecular weight is 305 g/mol. The Morgan fingerprint density at radius 2 is 1.95 bits per heavy atom. The molecule has 21 heavy (non-hydrogen) atoms. The zero-order chi connectivity index (χ0) is 15.4. The Morgan fingerprint density at radius 3 is 2.48 bits per heavy atom. The molecule has 2 rings (SSSR count). The van der Waals surface area contributed by atoms with Crippen molar-refractivity contribution < 1.29 is 4.92 Å². The summed E-state index contributed by atoms with van der Waals surface area (Å²) in [6.07, 6.45) is 0. The van der Waals surface area contributed by atoms with Crippen molar-refractivity contribution in [1.82, 2.24) is 0 Å². The summed E-state index contributed by atoms with van der Waals surface area (Å²) in [7, 11) is 1.75. The molecule has 0 radical (unpaired) electrons. The molecule has 2 aromatic rings. The highest BCUT2D eigenvalue weighted by molar-refractivity contribution is 7.10. The van der Waals surface area contributed by atoms with Gasteiger partial charge < -0.3 is 10.6 Å². The molecule has 1 aromatic carbocycles. The summed E-state index contributed by atoms with van der Waals surface area (Å²) in [5.41, 5.74) is 1.55. The van der Waals surface area contributed by atoms with Crippen molar-refractivity contribution in [3.05, 3.63) is 50.7 Å². The molecule has 0 aliphatic carbocycles. The van der Waals surface area contributed by atoms with Crippen molar-refractivity contribution in [2.75, 3.05) is 17.7 Å².